The Labute approximate surface area is 228 Å². The molecule has 4 aromatic rings. The average Bonchev–Trinajstić information content (AvgIpc) is 3.37. The molecule has 0 saturated carbocycles. The molecule has 0 radical (unpaired) electrons. The number of hydrogen-bond donors (Lipinski definition) is 3. The molecule has 0 fully saturated rings. The summed E-state index contributed by atoms with van der Waals surface area (Å²) in [6, 6.07) is 20.8. The molecule has 1 amide bonds. The Balaban J connectivity index is 1.47. The predicted octanol–water partition coefficient (Wildman–Crippen LogP) is 3.93. The number of aromatic nitrogens is 3. The number of amides is 1. The first kappa shape index (κ1) is 25.5. The van der Waals surface area contributed by atoms with Gasteiger partial charge in [-0.2, -0.15) is 0 Å². The third-order valence-electron chi connectivity index (χ3n) is 5.95. The van der Waals surface area contributed by atoms with E-state index in [0.717, 1.165) is 5.56 Å². The average molecular weight is 548 g/mol. The van der Waals surface area contributed by atoms with Crippen LogP contribution in [0.2, 0.25) is 5.02 Å². The van der Waals surface area contributed by atoms with Crippen molar-refractivity contribution in [3.05, 3.63) is 123 Å². The van der Waals surface area contributed by atoms with Gasteiger partial charge in [-0.3, -0.25) is 29.6 Å². The van der Waals surface area contributed by atoms with Crippen LogP contribution in [0.3, 0.4) is 0 Å². The monoisotopic (exact) mass is 547 g/mol. The minimum atomic E-state index is -0.819. The van der Waals surface area contributed by atoms with Gasteiger partial charge in [-0.1, -0.05) is 59.6 Å². The van der Waals surface area contributed by atoms with Crippen LogP contribution in [0.15, 0.2) is 101 Å². The molecule has 0 spiro atoms. The van der Waals surface area contributed by atoms with Crippen LogP contribution in [0, 0.1) is 0 Å². The number of nitrogens with one attached hydrogen (secondary N) is 3. The van der Waals surface area contributed by atoms with Gasteiger partial charge in [-0.25, -0.2) is 4.98 Å². The zero-order valence-corrected chi connectivity index (χ0v) is 21.5. The van der Waals surface area contributed by atoms with Gasteiger partial charge in [0.1, 0.15) is 11.2 Å². The number of nitrogens with zero attached hydrogens (tertiary/aromatic N) is 4. The molecule has 192 valence electrons. The number of carbonyl (C=O) groups is 1. The van der Waals surface area contributed by atoms with Crippen LogP contribution >= 0.6 is 23.2 Å². The molecular formula is C27H23Cl2N7O2. The third kappa shape index (κ3) is 5.86. The zero-order valence-electron chi connectivity index (χ0n) is 20.0. The summed E-state index contributed by atoms with van der Waals surface area (Å²) in [6.07, 6.45) is 5.02. The Morgan fingerprint density at radius 1 is 1.00 bits per heavy atom. The van der Waals surface area contributed by atoms with Crippen LogP contribution in [0.1, 0.15) is 17.3 Å². The highest BCUT2D eigenvalue weighted by atomic mass is 35.5. The maximum absolute atomic E-state index is 13.4. The van der Waals surface area contributed by atoms with E-state index in [1.54, 1.807) is 35.6 Å². The summed E-state index contributed by atoms with van der Waals surface area (Å²) in [7, 11) is 0. The molecule has 0 bridgehead atoms. The normalized spacial score (nSPS) is 13.5. The summed E-state index contributed by atoms with van der Waals surface area (Å²) in [4.78, 5) is 35.6. The molecule has 2 aromatic heterocycles. The molecule has 0 aliphatic carbocycles. The van der Waals surface area contributed by atoms with Crippen molar-refractivity contribution in [2.75, 3.05) is 5.01 Å². The van der Waals surface area contributed by atoms with Crippen molar-refractivity contribution in [1.82, 2.24) is 30.8 Å². The minimum absolute atomic E-state index is 0.240. The molecule has 3 N–H and O–H groups in total. The van der Waals surface area contributed by atoms with E-state index in [1.165, 1.54) is 17.0 Å². The molecule has 1 aliphatic rings. The van der Waals surface area contributed by atoms with Crippen LogP contribution in [0.4, 0.5) is 5.69 Å². The molecule has 38 heavy (non-hydrogen) atoms. The number of rotatable bonds is 8. The fourth-order valence-corrected chi connectivity index (χ4v) is 4.40. The van der Waals surface area contributed by atoms with Gasteiger partial charge in [0, 0.05) is 29.3 Å². The molecule has 0 unspecified atom stereocenters. The Bertz CT molecular complexity index is 1530. The Hall–Kier alpha value is -4.18. The maximum atomic E-state index is 13.4. The quantitative estimate of drug-likeness (QED) is 0.287. The highest BCUT2D eigenvalue weighted by Gasteiger charge is 2.24. The van der Waals surface area contributed by atoms with Gasteiger partial charge in [0.25, 0.3) is 5.56 Å². The lowest BCUT2D eigenvalue weighted by Crippen LogP contribution is -2.38. The van der Waals surface area contributed by atoms with Crippen LogP contribution in [-0.4, -0.2) is 20.4 Å². The fraction of sp³-hybridized carbons (Fsp3) is 0.111. The number of carbonyl (C=O) groups excluding carboxylic acids is 1. The van der Waals surface area contributed by atoms with Crippen molar-refractivity contribution in [3.8, 4) is 11.3 Å². The molecular weight excluding hydrogens is 525 g/mol. The standard InChI is InChI=1S/C27H23Cl2N7O2/c28-19-9-10-23(36-16-25(29)33-34-36)21(13-19)22-14-26(37)35(17-32-22)24(12-18-6-2-1-3-7-18)27(38)31-15-20-8-4-5-11-30-20/h1-11,13-14,16-17,24,33-34H,12,15H2,(H,31,38)/t24-/m0/s1. The maximum Gasteiger partial charge on any atom is 0.254 e. The number of halogens is 2. The Morgan fingerprint density at radius 2 is 1.82 bits per heavy atom. The molecule has 11 heteroatoms. The molecule has 1 aliphatic heterocycles. The molecule has 5 rings (SSSR count). The molecule has 1 atom stereocenters. The van der Waals surface area contributed by atoms with Crippen LogP contribution in [0.25, 0.3) is 11.3 Å². The van der Waals surface area contributed by atoms with Gasteiger partial charge in [0.15, 0.2) is 0 Å². The summed E-state index contributed by atoms with van der Waals surface area (Å²) in [6.45, 7) is 0.240. The smallest absolute Gasteiger partial charge is 0.254 e. The number of hydrazine groups is 2. The van der Waals surface area contributed by atoms with Gasteiger partial charge in [-0.05, 0) is 35.9 Å². The van der Waals surface area contributed by atoms with E-state index in [1.807, 2.05) is 48.5 Å². The molecule has 9 nitrogen and oxygen atoms in total. The van der Waals surface area contributed by atoms with Gasteiger partial charge < -0.3 is 5.32 Å². The summed E-state index contributed by atoms with van der Waals surface area (Å²) in [5.74, 6) is -0.313. The first-order chi connectivity index (χ1) is 18.5. The second kappa shape index (κ2) is 11.5. The highest BCUT2D eigenvalue weighted by Crippen LogP contribution is 2.32. The topological polar surface area (TPSA) is 104 Å². The van der Waals surface area contributed by atoms with E-state index in [-0.39, 0.29) is 18.0 Å². The number of benzene rings is 2. The second-order valence-corrected chi connectivity index (χ2v) is 9.35. The van der Waals surface area contributed by atoms with Crippen molar-refractivity contribution in [2.24, 2.45) is 0 Å². The van der Waals surface area contributed by atoms with E-state index >= 15 is 0 Å². The van der Waals surface area contributed by atoms with Gasteiger partial charge >= 0.3 is 0 Å². The van der Waals surface area contributed by atoms with Crippen molar-refractivity contribution in [1.29, 1.82) is 0 Å². The van der Waals surface area contributed by atoms with E-state index in [2.05, 4.69) is 26.2 Å². The zero-order chi connectivity index (χ0) is 26.5. The van der Waals surface area contributed by atoms with Crippen LogP contribution in [-0.2, 0) is 17.8 Å². The minimum Gasteiger partial charge on any atom is -0.349 e. The lowest BCUT2D eigenvalue weighted by molar-refractivity contribution is -0.124. The van der Waals surface area contributed by atoms with Crippen molar-refractivity contribution in [3.63, 3.8) is 0 Å². The number of anilines is 1. The van der Waals surface area contributed by atoms with Crippen molar-refractivity contribution >= 4 is 34.8 Å². The summed E-state index contributed by atoms with van der Waals surface area (Å²) < 4.78 is 1.35. The Kier molecular flexibility index (Phi) is 7.69. The first-order valence-electron chi connectivity index (χ1n) is 11.8. The Morgan fingerprint density at radius 3 is 2.53 bits per heavy atom. The van der Waals surface area contributed by atoms with Crippen LogP contribution in [0.5, 0.6) is 0 Å². The van der Waals surface area contributed by atoms with E-state index in [4.69, 9.17) is 23.2 Å². The summed E-state index contributed by atoms with van der Waals surface area (Å²) in [5, 5.41) is 5.44. The predicted molar refractivity (Wildman–Crippen MR) is 147 cm³/mol. The fourth-order valence-electron chi connectivity index (χ4n) is 4.09. The molecule has 2 aromatic carbocycles. The van der Waals surface area contributed by atoms with Gasteiger partial charge in [0.2, 0.25) is 5.91 Å². The van der Waals surface area contributed by atoms with Crippen molar-refractivity contribution < 1.29 is 4.79 Å². The van der Waals surface area contributed by atoms with Crippen LogP contribution < -0.4 is 26.8 Å². The molecule has 0 saturated heterocycles. The highest BCUT2D eigenvalue weighted by molar-refractivity contribution is 6.31. The van der Waals surface area contributed by atoms with Gasteiger partial charge in [-0.15, -0.1) is 5.53 Å². The van der Waals surface area contributed by atoms with E-state index in [9.17, 15) is 9.59 Å². The number of pyridine rings is 1. The van der Waals surface area contributed by atoms with Gasteiger partial charge in [0.05, 0.1) is 36.1 Å². The molecule has 3 heterocycles. The summed E-state index contributed by atoms with van der Waals surface area (Å²) >= 11 is 12.3. The largest absolute Gasteiger partial charge is 0.349 e. The lowest BCUT2D eigenvalue weighted by Gasteiger charge is -2.21. The number of hydrogen-bond acceptors (Lipinski definition) is 7. The van der Waals surface area contributed by atoms with E-state index < -0.39 is 6.04 Å². The first-order valence-corrected chi connectivity index (χ1v) is 12.5. The second-order valence-electron chi connectivity index (χ2n) is 8.51. The summed E-state index contributed by atoms with van der Waals surface area (Å²) in [5.41, 5.74) is 8.64. The lowest BCUT2D eigenvalue weighted by atomic mass is 10.0. The third-order valence-corrected chi connectivity index (χ3v) is 6.38. The van der Waals surface area contributed by atoms with Crippen molar-refractivity contribution in [2.45, 2.75) is 19.0 Å². The SMILES string of the molecule is O=C(NCc1ccccn1)[C@H](Cc1ccccc1)n1cnc(-c2cc(Cl)ccc2N2C=C(Cl)NN2)cc1=O. The van der Waals surface area contributed by atoms with E-state index in [0.29, 0.717) is 39.2 Å².